The molecule has 0 atom stereocenters. The van der Waals surface area contributed by atoms with Gasteiger partial charge in [0.05, 0.1) is 5.54 Å². The van der Waals surface area contributed by atoms with E-state index in [1.807, 2.05) is 32.9 Å². The Hall–Kier alpha value is -1.81. The van der Waals surface area contributed by atoms with Crippen LogP contribution in [0.3, 0.4) is 0 Å². The Balaban J connectivity index is 2.31. The van der Waals surface area contributed by atoms with Crippen LogP contribution in [0.5, 0.6) is 0 Å². The maximum atomic E-state index is 12.4. The van der Waals surface area contributed by atoms with E-state index in [-0.39, 0.29) is 11.4 Å². The topological polar surface area (TPSA) is 68.3 Å². The molecular formula is C17H24N2O2. The Morgan fingerprint density at radius 1 is 1.19 bits per heavy atom. The van der Waals surface area contributed by atoms with Crippen molar-refractivity contribution < 1.29 is 9.21 Å². The van der Waals surface area contributed by atoms with Crippen molar-refractivity contribution in [2.75, 3.05) is 6.54 Å². The molecule has 114 valence electrons. The van der Waals surface area contributed by atoms with Crippen LogP contribution in [0, 0.1) is 13.8 Å². The number of amides is 1. The third kappa shape index (κ3) is 2.95. The molecule has 0 spiro atoms. The van der Waals surface area contributed by atoms with Gasteiger partial charge in [0.25, 0.3) is 5.91 Å². The van der Waals surface area contributed by atoms with E-state index in [0.717, 1.165) is 29.4 Å². The van der Waals surface area contributed by atoms with Crippen LogP contribution in [0.15, 0.2) is 22.6 Å². The molecule has 2 aromatic rings. The highest BCUT2D eigenvalue weighted by Gasteiger charge is 2.28. The van der Waals surface area contributed by atoms with Crippen molar-refractivity contribution in [3.63, 3.8) is 0 Å². The smallest absolute Gasteiger partial charge is 0.287 e. The molecule has 0 unspecified atom stereocenters. The maximum absolute atomic E-state index is 12.4. The average molecular weight is 288 g/mol. The summed E-state index contributed by atoms with van der Waals surface area (Å²) in [5.74, 6) is 0.144. The lowest BCUT2D eigenvalue weighted by atomic mass is 9.93. The minimum absolute atomic E-state index is 0.198. The van der Waals surface area contributed by atoms with E-state index in [9.17, 15) is 4.79 Å². The predicted molar refractivity (Wildman–Crippen MR) is 85.5 cm³/mol. The van der Waals surface area contributed by atoms with Gasteiger partial charge in [0.15, 0.2) is 5.76 Å². The van der Waals surface area contributed by atoms with E-state index in [0.29, 0.717) is 12.3 Å². The Morgan fingerprint density at radius 2 is 1.81 bits per heavy atom. The summed E-state index contributed by atoms with van der Waals surface area (Å²) in [4.78, 5) is 12.4. The summed E-state index contributed by atoms with van der Waals surface area (Å²) in [6.07, 6.45) is 1.59. The molecule has 4 nitrogen and oxygen atoms in total. The Labute approximate surface area is 125 Å². The summed E-state index contributed by atoms with van der Waals surface area (Å²) in [7, 11) is 0. The van der Waals surface area contributed by atoms with Crippen molar-refractivity contribution in [1.82, 2.24) is 5.32 Å². The Kier molecular flexibility index (Phi) is 4.37. The fourth-order valence-corrected chi connectivity index (χ4v) is 2.48. The average Bonchev–Trinajstić information content (AvgIpc) is 2.88. The molecular weight excluding hydrogens is 264 g/mol. The molecule has 1 aromatic carbocycles. The van der Waals surface area contributed by atoms with E-state index in [4.69, 9.17) is 10.2 Å². The number of hydrogen-bond acceptors (Lipinski definition) is 3. The highest BCUT2D eigenvalue weighted by atomic mass is 16.3. The van der Waals surface area contributed by atoms with Crippen LogP contribution in [0.4, 0.5) is 0 Å². The molecule has 0 aliphatic heterocycles. The monoisotopic (exact) mass is 288 g/mol. The molecule has 0 saturated carbocycles. The van der Waals surface area contributed by atoms with Crippen molar-refractivity contribution in [2.45, 2.75) is 46.1 Å². The lowest BCUT2D eigenvalue weighted by molar-refractivity contribution is 0.0869. The van der Waals surface area contributed by atoms with E-state index in [2.05, 4.69) is 12.2 Å². The van der Waals surface area contributed by atoms with Crippen LogP contribution in [0.1, 0.15) is 48.4 Å². The number of hydrogen-bond donors (Lipinski definition) is 2. The van der Waals surface area contributed by atoms with Crippen LogP contribution in [-0.4, -0.2) is 18.0 Å². The minimum Gasteiger partial charge on any atom is -0.451 e. The highest BCUT2D eigenvalue weighted by molar-refractivity contribution is 5.96. The van der Waals surface area contributed by atoms with Crippen LogP contribution in [0.2, 0.25) is 0 Å². The summed E-state index contributed by atoms with van der Waals surface area (Å²) in [5, 5.41) is 3.98. The van der Waals surface area contributed by atoms with Gasteiger partial charge in [0.2, 0.25) is 0 Å². The van der Waals surface area contributed by atoms with Gasteiger partial charge in [-0.15, -0.1) is 0 Å². The van der Waals surface area contributed by atoms with Gasteiger partial charge in [-0.1, -0.05) is 13.8 Å². The summed E-state index contributed by atoms with van der Waals surface area (Å²) >= 11 is 0. The molecule has 0 aliphatic rings. The summed E-state index contributed by atoms with van der Waals surface area (Å²) in [6, 6.07) is 5.81. The second-order valence-corrected chi connectivity index (χ2v) is 5.73. The number of rotatable bonds is 5. The van der Waals surface area contributed by atoms with Crippen molar-refractivity contribution in [3.8, 4) is 0 Å². The summed E-state index contributed by atoms with van der Waals surface area (Å²) in [6.45, 7) is 8.56. The number of nitrogens with two attached hydrogens (primary N) is 1. The van der Waals surface area contributed by atoms with Gasteiger partial charge in [0, 0.05) is 11.9 Å². The Bertz CT molecular complexity index is 607. The van der Waals surface area contributed by atoms with Crippen LogP contribution >= 0.6 is 0 Å². The zero-order valence-electron chi connectivity index (χ0n) is 13.2. The normalized spacial score (nSPS) is 11.9. The molecule has 4 heteroatoms. The highest BCUT2D eigenvalue weighted by Crippen LogP contribution is 2.24. The number of fused-ring (bicyclic) bond motifs is 1. The Morgan fingerprint density at radius 3 is 2.38 bits per heavy atom. The number of benzene rings is 1. The van der Waals surface area contributed by atoms with E-state index in [1.165, 1.54) is 5.56 Å². The number of carbonyl (C=O) groups excluding carboxylic acids is 1. The van der Waals surface area contributed by atoms with E-state index >= 15 is 0 Å². The molecule has 1 heterocycles. The fraction of sp³-hybridized carbons (Fsp3) is 0.471. The number of aryl methyl sites for hydroxylation is 2. The molecule has 0 aliphatic carbocycles. The second kappa shape index (κ2) is 5.90. The van der Waals surface area contributed by atoms with Gasteiger partial charge in [-0.25, -0.2) is 0 Å². The first-order valence-corrected chi connectivity index (χ1v) is 7.48. The number of carbonyl (C=O) groups is 1. The van der Waals surface area contributed by atoms with Crippen molar-refractivity contribution in [1.29, 1.82) is 0 Å². The summed E-state index contributed by atoms with van der Waals surface area (Å²) in [5.41, 5.74) is 8.55. The molecule has 3 N–H and O–H groups in total. The van der Waals surface area contributed by atoms with Crippen molar-refractivity contribution in [2.24, 2.45) is 5.73 Å². The molecule has 0 saturated heterocycles. The standard InChI is InChI=1S/C17H24N2O2/c1-5-17(6-2,10-18)19-16(20)15-9-13-7-11(3)12(4)8-14(13)21-15/h7-9H,5-6,10,18H2,1-4H3,(H,19,20). The first-order chi connectivity index (χ1) is 9.94. The fourth-order valence-electron chi connectivity index (χ4n) is 2.48. The molecule has 0 radical (unpaired) electrons. The molecule has 1 amide bonds. The van der Waals surface area contributed by atoms with Gasteiger partial charge < -0.3 is 15.5 Å². The maximum Gasteiger partial charge on any atom is 0.287 e. The third-order valence-corrected chi connectivity index (χ3v) is 4.48. The predicted octanol–water partition coefficient (Wildman–Crippen LogP) is 3.30. The van der Waals surface area contributed by atoms with Crippen molar-refractivity contribution >= 4 is 16.9 Å². The summed E-state index contributed by atoms with van der Waals surface area (Å²) < 4.78 is 5.69. The first-order valence-electron chi connectivity index (χ1n) is 7.48. The quantitative estimate of drug-likeness (QED) is 0.887. The molecule has 21 heavy (non-hydrogen) atoms. The molecule has 2 rings (SSSR count). The second-order valence-electron chi connectivity index (χ2n) is 5.73. The molecule has 0 bridgehead atoms. The lowest BCUT2D eigenvalue weighted by Crippen LogP contribution is -2.52. The van der Waals surface area contributed by atoms with Gasteiger partial charge in [-0.2, -0.15) is 0 Å². The van der Waals surface area contributed by atoms with Gasteiger partial charge >= 0.3 is 0 Å². The van der Waals surface area contributed by atoms with Crippen LogP contribution in [0.25, 0.3) is 11.0 Å². The number of furan rings is 1. The van der Waals surface area contributed by atoms with Gasteiger partial charge in [-0.05, 0) is 56.0 Å². The lowest BCUT2D eigenvalue weighted by Gasteiger charge is -2.30. The third-order valence-electron chi connectivity index (χ3n) is 4.48. The largest absolute Gasteiger partial charge is 0.451 e. The van der Waals surface area contributed by atoms with Crippen LogP contribution < -0.4 is 11.1 Å². The zero-order chi connectivity index (χ0) is 15.6. The van der Waals surface area contributed by atoms with Gasteiger partial charge in [-0.3, -0.25) is 4.79 Å². The number of nitrogens with one attached hydrogen (secondary N) is 1. The first kappa shape index (κ1) is 15.6. The SMILES string of the molecule is CCC(CC)(CN)NC(=O)c1cc2cc(C)c(C)cc2o1. The van der Waals surface area contributed by atoms with Crippen molar-refractivity contribution in [3.05, 3.63) is 35.1 Å². The van der Waals surface area contributed by atoms with E-state index < -0.39 is 0 Å². The van der Waals surface area contributed by atoms with E-state index in [1.54, 1.807) is 6.07 Å². The minimum atomic E-state index is -0.359. The molecule has 1 aromatic heterocycles. The van der Waals surface area contributed by atoms with Gasteiger partial charge in [0.1, 0.15) is 5.58 Å². The molecule has 0 fully saturated rings. The van der Waals surface area contributed by atoms with Crippen LogP contribution in [-0.2, 0) is 0 Å². The zero-order valence-corrected chi connectivity index (χ0v) is 13.2.